The van der Waals surface area contributed by atoms with Gasteiger partial charge in [-0.05, 0) is 30.2 Å². The van der Waals surface area contributed by atoms with Crippen LogP contribution in [-0.4, -0.2) is 10.8 Å². The number of benzene rings is 2. The standard InChI is InChI=1S/C18H12F3NO/c1-11(23)12-6-8-13(9-7-12)15-10-17(18(19,20)21)22-16-5-3-2-4-14(15)16/h2-10H,1H3. The van der Waals surface area contributed by atoms with Crippen molar-refractivity contribution in [1.29, 1.82) is 0 Å². The number of carbonyl (C=O) groups is 1. The average Bonchev–Trinajstić information content (AvgIpc) is 2.53. The molecule has 0 radical (unpaired) electrons. The third-order valence-corrected chi connectivity index (χ3v) is 3.61. The molecule has 116 valence electrons. The Kier molecular flexibility index (Phi) is 3.64. The number of rotatable bonds is 2. The van der Waals surface area contributed by atoms with Crippen LogP contribution in [0.4, 0.5) is 13.2 Å². The second kappa shape index (κ2) is 5.50. The third-order valence-electron chi connectivity index (χ3n) is 3.61. The van der Waals surface area contributed by atoms with Gasteiger partial charge in [0.2, 0.25) is 0 Å². The second-order valence-corrected chi connectivity index (χ2v) is 5.20. The monoisotopic (exact) mass is 315 g/mol. The van der Waals surface area contributed by atoms with E-state index in [0.717, 1.165) is 6.07 Å². The molecule has 0 spiro atoms. The van der Waals surface area contributed by atoms with Crippen LogP contribution in [0.3, 0.4) is 0 Å². The van der Waals surface area contributed by atoms with Gasteiger partial charge in [-0.25, -0.2) is 4.98 Å². The Bertz CT molecular complexity index is 883. The van der Waals surface area contributed by atoms with Gasteiger partial charge >= 0.3 is 6.18 Å². The lowest BCUT2D eigenvalue weighted by Gasteiger charge is -2.12. The largest absolute Gasteiger partial charge is 0.433 e. The van der Waals surface area contributed by atoms with Crippen LogP contribution in [0.15, 0.2) is 54.6 Å². The summed E-state index contributed by atoms with van der Waals surface area (Å²) >= 11 is 0. The molecule has 2 aromatic carbocycles. The van der Waals surface area contributed by atoms with Crippen molar-refractivity contribution in [2.24, 2.45) is 0 Å². The van der Waals surface area contributed by atoms with Crippen LogP contribution in [0.5, 0.6) is 0 Å². The minimum Gasteiger partial charge on any atom is -0.295 e. The molecule has 1 heterocycles. The minimum atomic E-state index is -4.52. The average molecular weight is 315 g/mol. The van der Waals surface area contributed by atoms with E-state index in [1.807, 2.05) is 0 Å². The van der Waals surface area contributed by atoms with E-state index in [0.29, 0.717) is 22.1 Å². The van der Waals surface area contributed by atoms with Crippen molar-refractivity contribution >= 4 is 16.7 Å². The maximum atomic E-state index is 13.1. The van der Waals surface area contributed by atoms with Gasteiger partial charge in [0, 0.05) is 10.9 Å². The van der Waals surface area contributed by atoms with Gasteiger partial charge in [-0.3, -0.25) is 4.79 Å². The fourth-order valence-corrected chi connectivity index (χ4v) is 2.44. The summed E-state index contributed by atoms with van der Waals surface area (Å²) in [5.41, 5.74) is 0.926. The van der Waals surface area contributed by atoms with Gasteiger partial charge in [0.15, 0.2) is 5.78 Å². The van der Waals surface area contributed by atoms with Crippen molar-refractivity contribution in [2.75, 3.05) is 0 Å². The van der Waals surface area contributed by atoms with Gasteiger partial charge in [-0.2, -0.15) is 13.2 Å². The van der Waals surface area contributed by atoms with Gasteiger partial charge in [0.1, 0.15) is 5.69 Å². The maximum absolute atomic E-state index is 13.1. The first-order valence-corrected chi connectivity index (χ1v) is 6.94. The number of pyridine rings is 1. The molecule has 0 bridgehead atoms. The van der Waals surface area contributed by atoms with Crippen LogP contribution >= 0.6 is 0 Å². The van der Waals surface area contributed by atoms with Crippen LogP contribution in [0.1, 0.15) is 23.0 Å². The summed E-state index contributed by atoms with van der Waals surface area (Å²) in [7, 11) is 0. The Balaban J connectivity index is 2.24. The van der Waals surface area contributed by atoms with Crippen molar-refractivity contribution in [3.63, 3.8) is 0 Å². The first-order chi connectivity index (χ1) is 10.9. The van der Waals surface area contributed by atoms with Crippen molar-refractivity contribution in [3.05, 3.63) is 65.9 Å². The fourth-order valence-electron chi connectivity index (χ4n) is 2.44. The van der Waals surface area contributed by atoms with Crippen molar-refractivity contribution < 1.29 is 18.0 Å². The quantitative estimate of drug-likeness (QED) is 0.614. The topological polar surface area (TPSA) is 30.0 Å². The lowest BCUT2D eigenvalue weighted by atomic mass is 9.98. The lowest BCUT2D eigenvalue weighted by molar-refractivity contribution is -0.140. The number of carbonyl (C=O) groups excluding carboxylic acids is 1. The predicted octanol–water partition coefficient (Wildman–Crippen LogP) is 5.12. The molecule has 0 unspecified atom stereocenters. The summed E-state index contributed by atoms with van der Waals surface area (Å²) < 4.78 is 39.2. The Morgan fingerprint density at radius 1 is 1.00 bits per heavy atom. The number of alkyl halides is 3. The molecule has 0 aliphatic heterocycles. The highest BCUT2D eigenvalue weighted by Gasteiger charge is 2.33. The van der Waals surface area contributed by atoms with Crippen LogP contribution in [0.25, 0.3) is 22.0 Å². The zero-order valence-corrected chi connectivity index (χ0v) is 12.2. The number of hydrogen-bond donors (Lipinski definition) is 0. The van der Waals surface area contributed by atoms with Gasteiger partial charge in [0.05, 0.1) is 5.52 Å². The lowest BCUT2D eigenvalue weighted by Crippen LogP contribution is -2.08. The summed E-state index contributed by atoms with van der Waals surface area (Å²) in [5, 5.41) is 0.635. The van der Waals surface area contributed by atoms with E-state index in [9.17, 15) is 18.0 Å². The van der Waals surface area contributed by atoms with Crippen molar-refractivity contribution in [1.82, 2.24) is 4.98 Å². The molecule has 0 N–H and O–H groups in total. The number of nitrogens with zero attached hydrogens (tertiary/aromatic N) is 1. The highest BCUT2D eigenvalue weighted by Crippen LogP contribution is 2.35. The molecule has 0 fully saturated rings. The minimum absolute atomic E-state index is 0.0906. The molecule has 0 saturated carbocycles. The van der Waals surface area contributed by atoms with Gasteiger partial charge < -0.3 is 0 Å². The van der Waals surface area contributed by atoms with E-state index in [2.05, 4.69) is 4.98 Å². The van der Waals surface area contributed by atoms with Crippen LogP contribution in [0, 0.1) is 0 Å². The highest BCUT2D eigenvalue weighted by molar-refractivity contribution is 5.97. The summed E-state index contributed by atoms with van der Waals surface area (Å²) in [6.07, 6.45) is -4.52. The van der Waals surface area contributed by atoms with Crippen LogP contribution < -0.4 is 0 Å². The van der Waals surface area contributed by atoms with Gasteiger partial charge in [-0.15, -0.1) is 0 Å². The second-order valence-electron chi connectivity index (χ2n) is 5.20. The SMILES string of the molecule is CC(=O)c1ccc(-c2cc(C(F)(F)F)nc3ccccc23)cc1. The van der Waals surface area contributed by atoms with Gasteiger partial charge in [0.25, 0.3) is 0 Å². The zero-order chi connectivity index (χ0) is 16.6. The number of ketones is 1. The normalized spacial score (nSPS) is 11.7. The first-order valence-electron chi connectivity index (χ1n) is 6.94. The summed E-state index contributed by atoms with van der Waals surface area (Å²) in [4.78, 5) is 15.0. The maximum Gasteiger partial charge on any atom is 0.433 e. The Morgan fingerprint density at radius 2 is 1.65 bits per heavy atom. The summed E-state index contributed by atoms with van der Waals surface area (Å²) in [6, 6.07) is 14.3. The predicted molar refractivity (Wildman–Crippen MR) is 82.2 cm³/mol. The van der Waals surface area contributed by atoms with E-state index in [-0.39, 0.29) is 11.3 Å². The third kappa shape index (κ3) is 2.95. The fraction of sp³-hybridized carbons (Fsp3) is 0.111. The zero-order valence-electron chi connectivity index (χ0n) is 12.2. The van der Waals surface area contributed by atoms with Crippen molar-refractivity contribution in [3.8, 4) is 11.1 Å². The molecular weight excluding hydrogens is 303 g/mol. The molecule has 3 aromatic rings. The molecule has 1 aromatic heterocycles. The van der Waals surface area contributed by atoms with E-state index >= 15 is 0 Å². The van der Waals surface area contributed by atoms with E-state index in [4.69, 9.17) is 0 Å². The summed E-state index contributed by atoms with van der Waals surface area (Å²) in [5.74, 6) is -0.0906. The Morgan fingerprint density at radius 3 is 2.26 bits per heavy atom. The van der Waals surface area contributed by atoms with E-state index in [1.165, 1.54) is 6.92 Å². The smallest absolute Gasteiger partial charge is 0.295 e. The molecule has 5 heteroatoms. The summed E-state index contributed by atoms with van der Waals surface area (Å²) in [6.45, 7) is 1.44. The molecular formula is C18H12F3NO. The number of para-hydroxylation sites is 1. The molecule has 0 amide bonds. The van der Waals surface area contributed by atoms with Crippen molar-refractivity contribution in [2.45, 2.75) is 13.1 Å². The molecule has 0 aliphatic rings. The Hall–Kier alpha value is -2.69. The number of Topliss-reactive ketones (excluding diaryl/α,β-unsaturated/α-hetero) is 1. The molecule has 2 nitrogen and oxygen atoms in total. The molecule has 0 atom stereocenters. The Labute approximate surface area is 130 Å². The highest BCUT2D eigenvalue weighted by atomic mass is 19.4. The van der Waals surface area contributed by atoms with Gasteiger partial charge in [-0.1, -0.05) is 42.5 Å². The van der Waals surface area contributed by atoms with E-state index < -0.39 is 11.9 Å². The first kappa shape index (κ1) is 15.2. The molecule has 0 aliphatic carbocycles. The number of fused-ring (bicyclic) bond motifs is 1. The number of aromatic nitrogens is 1. The molecule has 0 saturated heterocycles. The van der Waals surface area contributed by atoms with Crippen LogP contribution in [0.2, 0.25) is 0 Å². The van der Waals surface area contributed by atoms with Crippen LogP contribution in [-0.2, 0) is 6.18 Å². The number of hydrogen-bond acceptors (Lipinski definition) is 2. The number of halogens is 3. The van der Waals surface area contributed by atoms with E-state index in [1.54, 1.807) is 48.5 Å². The molecule has 23 heavy (non-hydrogen) atoms. The molecule has 3 rings (SSSR count).